The van der Waals surface area contributed by atoms with Crippen LogP contribution in [-0.2, 0) is 0 Å². The minimum absolute atomic E-state index is 0.665. The van der Waals surface area contributed by atoms with E-state index < -0.39 is 0 Å². The van der Waals surface area contributed by atoms with Crippen LogP contribution in [0, 0.1) is 11.3 Å². The van der Waals surface area contributed by atoms with Crippen LogP contribution in [0.15, 0.2) is 0 Å². The third-order valence-corrected chi connectivity index (χ3v) is 3.24. The van der Waals surface area contributed by atoms with Gasteiger partial charge in [0.2, 0.25) is 0 Å². The molecule has 0 aromatic rings. The van der Waals surface area contributed by atoms with E-state index in [0.29, 0.717) is 5.41 Å². The fraction of sp³-hybridized carbons (Fsp3) is 1.00. The van der Waals surface area contributed by atoms with Gasteiger partial charge in [0.1, 0.15) is 0 Å². The average Bonchev–Trinajstić information content (AvgIpc) is 2.62. The van der Waals surface area contributed by atoms with Gasteiger partial charge < -0.3 is 5.73 Å². The molecule has 0 spiro atoms. The van der Waals surface area contributed by atoms with Crippen molar-refractivity contribution in [2.75, 3.05) is 6.54 Å². The van der Waals surface area contributed by atoms with Gasteiger partial charge in [0.05, 0.1) is 0 Å². The van der Waals surface area contributed by atoms with Gasteiger partial charge in [-0.05, 0) is 37.1 Å². The van der Waals surface area contributed by atoms with E-state index in [4.69, 9.17) is 5.73 Å². The Hall–Kier alpha value is -0.0400. The van der Waals surface area contributed by atoms with Crippen LogP contribution in [0.1, 0.15) is 32.1 Å². The number of fused-ring (bicyclic) bond motifs is 1. The Morgan fingerprint density at radius 3 is 2.89 bits per heavy atom. The van der Waals surface area contributed by atoms with Gasteiger partial charge in [0.15, 0.2) is 0 Å². The standard InChI is InChI=1S/C8H15N/c9-6-8-4-2-1-3-7(8)5-8/h7H,1-6,9H2/t7?,8-/m1/s1. The van der Waals surface area contributed by atoms with E-state index in [9.17, 15) is 0 Å². The summed E-state index contributed by atoms with van der Waals surface area (Å²) < 4.78 is 0. The van der Waals surface area contributed by atoms with Gasteiger partial charge in [-0.15, -0.1) is 0 Å². The molecule has 0 saturated heterocycles. The van der Waals surface area contributed by atoms with Gasteiger partial charge in [-0.3, -0.25) is 0 Å². The Labute approximate surface area is 56.6 Å². The summed E-state index contributed by atoms with van der Waals surface area (Å²) in [5, 5.41) is 0. The van der Waals surface area contributed by atoms with Crippen molar-refractivity contribution in [3.63, 3.8) is 0 Å². The van der Waals surface area contributed by atoms with E-state index in [-0.39, 0.29) is 0 Å². The maximum absolute atomic E-state index is 5.68. The highest BCUT2D eigenvalue weighted by atomic mass is 14.7. The second-order valence-electron chi connectivity index (χ2n) is 3.71. The average molecular weight is 125 g/mol. The van der Waals surface area contributed by atoms with Crippen LogP contribution in [0.5, 0.6) is 0 Å². The molecule has 1 unspecified atom stereocenters. The van der Waals surface area contributed by atoms with Crippen LogP contribution in [0.3, 0.4) is 0 Å². The van der Waals surface area contributed by atoms with Crippen molar-refractivity contribution in [1.82, 2.24) is 0 Å². The predicted molar refractivity (Wildman–Crippen MR) is 38.1 cm³/mol. The lowest BCUT2D eigenvalue weighted by Gasteiger charge is -2.19. The zero-order valence-electron chi connectivity index (χ0n) is 5.90. The SMILES string of the molecule is NC[C@]12CCCCC1C2. The molecule has 2 atom stereocenters. The number of hydrogen-bond acceptors (Lipinski definition) is 1. The normalized spacial score (nSPS) is 48.3. The zero-order valence-corrected chi connectivity index (χ0v) is 5.90. The van der Waals surface area contributed by atoms with E-state index >= 15 is 0 Å². The van der Waals surface area contributed by atoms with Gasteiger partial charge in [0, 0.05) is 0 Å². The maximum atomic E-state index is 5.68. The highest BCUT2D eigenvalue weighted by Gasteiger charge is 2.53. The molecular formula is C8H15N. The number of nitrogens with two attached hydrogens (primary N) is 1. The van der Waals surface area contributed by atoms with E-state index in [0.717, 1.165) is 12.5 Å². The first-order valence-corrected chi connectivity index (χ1v) is 4.07. The van der Waals surface area contributed by atoms with Crippen LogP contribution in [-0.4, -0.2) is 6.54 Å². The molecule has 1 nitrogen and oxygen atoms in total. The molecule has 0 amide bonds. The number of rotatable bonds is 1. The van der Waals surface area contributed by atoms with Gasteiger partial charge in [-0.25, -0.2) is 0 Å². The van der Waals surface area contributed by atoms with Gasteiger partial charge in [-0.1, -0.05) is 12.8 Å². The summed E-state index contributed by atoms with van der Waals surface area (Å²) in [6.45, 7) is 0.956. The smallest absolute Gasteiger partial charge is 0.00178 e. The summed E-state index contributed by atoms with van der Waals surface area (Å²) in [5.41, 5.74) is 6.34. The second kappa shape index (κ2) is 1.72. The molecule has 9 heavy (non-hydrogen) atoms. The van der Waals surface area contributed by atoms with E-state index in [1.165, 1.54) is 32.1 Å². The molecule has 0 heterocycles. The van der Waals surface area contributed by atoms with Crippen molar-refractivity contribution in [3.8, 4) is 0 Å². The third-order valence-electron chi connectivity index (χ3n) is 3.24. The van der Waals surface area contributed by atoms with Crippen LogP contribution < -0.4 is 5.73 Å². The van der Waals surface area contributed by atoms with Gasteiger partial charge in [-0.2, -0.15) is 0 Å². The molecule has 2 saturated carbocycles. The molecule has 0 bridgehead atoms. The molecule has 52 valence electrons. The van der Waals surface area contributed by atoms with Crippen LogP contribution >= 0.6 is 0 Å². The highest BCUT2D eigenvalue weighted by molar-refractivity contribution is 5.04. The molecular weight excluding hydrogens is 110 g/mol. The van der Waals surface area contributed by atoms with E-state index in [1.54, 1.807) is 0 Å². The minimum atomic E-state index is 0.665. The van der Waals surface area contributed by atoms with E-state index in [2.05, 4.69) is 0 Å². The summed E-state index contributed by atoms with van der Waals surface area (Å²) >= 11 is 0. The summed E-state index contributed by atoms with van der Waals surface area (Å²) in [4.78, 5) is 0. The lowest BCUT2D eigenvalue weighted by molar-refractivity contribution is 0.346. The molecule has 0 aliphatic heterocycles. The Kier molecular flexibility index (Phi) is 1.10. The molecule has 0 radical (unpaired) electrons. The first kappa shape index (κ1) is 5.72. The minimum Gasteiger partial charge on any atom is -0.330 e. The summed E-state index contributed by atoms with van der Waals surface area (Å²) in [6.07, 6.45) is 7.25. The van der Waals surface area contributed by atoms with Crippen molar-refractivity contribution >= 4 is 0 Å². The molecule has 2 aliphatic rings. The Morgan fingerprint density at radius 2 is 2.33 bits per heavy atom. The zero-order chi connectivity index (χ0) is 6.32. The van der Waals surface area contributed by atoms with Gasteiger partial charge in [0.25, 0.3) is 0 Å². The molecule has 0 aromatic carbocycles. The van der Waals surface area contributed by atoms with Crippen LogP contribution in [0.25, 0.3) is 0 Å². The van der Waals surface area contributed by atoms with Crippen molar-refractivity contribution in [2.45, 2.75) is 32.1 Å². The maximum Gasteiger partial charge on any atom is -0.00178 e. The van der Waals surface area contributed by atoms with Crippen molar-refractivity contribution in [2.24, 2.45) is 17.1 Å². The fourth-order valence-electron chi connectivity index (χ4n) is 2.37. The molecule has 2 N–H and O–H groups in total. The van der Waals surface area contributed by atoms with Crippen molar-refractivity contribution in [1.29, 1.82) is 0 Å². The van der Waals surface area contributed by atoms with Crippen molar-refractivity contribution in [3.05, 3.63) is 0 Å². The first-order valence-electron chi connectivity index (χ1n) is 4.07. The molecule has 2 aliphatic carbocycles. The first-order chi connectivity index (χ1) is 4.37. The summed E-state index contributed by atoms with van der Waals surface area (Å²) in [7, 11) is 0. The molecule has 2 rings (SSSR count). The Morgan fingerprint density at radius 1 is 1.44 bits per heavy atom. The Balaban J connectivity index is 2.01. The van der Waals surface area contributed by atoms with Gasteiger partial charge >= 0.3 is 0 Å². The Bertz CT molecular complexity index is 122. The van der Waals surface area contributed by atoms with Crippen LogP contribution in [0.4, 0.5) is 0 Å². The lowest BCUT2D eigenvalue weighted by Crippen LogP contribution is -2.20. The summed E-state index contributed by atoms with van der Waals surface area (Å²) in [6, 6.07) is 0. The monoisotopic (exact) mass is 125 g/mol. The highest BCUT2D eigenvalue weighted by Crippen LogP contribution is 2.60. The van der Waals surface area contributed by atoms with Crippen LogP contribution in [0.2, 0.25) is 0 Å². The predicted octanol–water partition coefficient (Wildman–Crippen LogP) is 1.53. The topological polar surface area (TPSA) is 26.0 Å². The lowest BCUT2D eigenvalue weighted by atomic mass is 9.89. The molecule has 1 heteroatoms. The largest absolute Gasteiger partial charge is 0.330 e. The van der Waals surface area contributed by atoms with Crippen molar-refractivity contribution < 1.29 is 0 Å². The summed E-state index contributed by atoms with van der Waals surface area (Å²) in [5.74, 6) is 1.04. The number of hydrogen-bond donors (Lipinski definition) is 1. The third kappa shape index (κ3) is 0.710. The van der Waals surface area contributed by atoms with E-state index in [1.807, 2.05) is 0 Å². The quantitative estimate of drug-likeness (QED) is 0.565. The molecule has 2 fully saturated rings. The molecule has 0 aromatic heterocycles. The fourth-order valence-corrected chi connectivity index (χ4v) is 2.37. The second-order valence-corrected chi connectivity index (χ2v) is 3.71.